The second-order valence-electron chi connectivity index (χ2n) is 7.78. The predicted octanol–water partition coefficient (Wildman–Crippen LogP) is 3.81. The molecule has 0 bridgehead atoms. The lowest BCUT2D eigenvalue weighted by molar-refractivity contribution is -0.151. The highest BCUT2D eigenvalue weighted by atomic mass is 16.6. The van der Waals surface area contributed by atoms with E-state index in [-0.39, 0.29) is 36.6 Å². The molecular weight excluding hydrogens is 398 g/mol. The lowest BCUT2D eigenvalue weighted by Gasteiger charge is -2.15. The molecule has 1 aliphatic rings. The molecule has 9 heteroatoms. The average molecular weight is 430 g/mol. The van der Waals surface area contributed by atoms with Gasteiger partial charge >= 0.3 is 5.97 Å². The van der Waals surface area contributed by atoms with Gasteiger partial charge in [0.1, 0.15) is 24.6 Å². The van der Waals surface area contributed by atoms with E-state index in [2.05, 4.69) is 28.9 Å². The fourth-order valence-electron chi connectivity index (χ4n) is 3.41. The number of carbonyl (C=O) groups excluding carboxylic acids is 2. The van der Waals surface area contributed by atoms with Gasteiger partial charge < -0.3 is 14.8 Å². The van der Waals surface area contributed by atoms with Crippen LogP contribution in [0.25, 0.3) is 5.52 Å². The lowest BCUT2D eigenvalue weighted by Crippen LogP contribution is -2.21. The summed E-state index contributed by atoms with van der Waals surface area (Å²) >= 11 is 0. The monoisotopic (exact) mass is 429 g/mol. The molecule has 0 spiro atoms. The van der Waals surface area contributed by atoms with Gasteiger partial charge in [-0.25, -0.2) is 14.8 Å². The van der Waals surface area contributed by atoms with Gasteiger partial charge in [0, 0.05) is 13.0 Å². The largest absolute Gasteiger partial charge is 0.463 e. The molecule has 3 heterocycles. The van der Waals surface area contributed by atoms with Crippen LogP contribution in [0.2, 0.25) is 0 Å². The van der Waals surface area contributed by atoms with Gasteiger partial charge in [0.25, 0.3) is 0 Å². The maximum atomic E-state index is 12.2. The summed E-state index contributed by atoms with van der Waals surface area (Å²) in [6.45, 7) is 9.50. The van der Waals surface area contributed by atoms with E-state index in [1.54, 1.807) is 4.52 Å². The highest BCUT2D eigenvalue weighted by molar-refractivity contribution is 5.93. The molecule has 2 aromatic rings. The smallest absolute Gasteiger partial charge is 0.308 e. The molecule has 1 fully saturated rings. The van der Waals surface area contributed by atoms with Crippen molar-refractivity contribution in [2.75, 3.05) is 11.9 Å². The first-order valence-corrected chi connectivity index (χ1v) is 10.7. The first kappa shape index (κ1) is 24.3. The summed E-state index contributed by atoms with van der Waals surface area (Å²) in [6.07, 6.45) is 6.29. The molecule has 1 aliphatic heterocycles. The number of nitriles is 1. The molecule has 2 unspecified atom stereocenters. The Balaban J connectivity index is 0.00000166. The second kappa shape index (κ2) is 12.0. The van der Waals surface area contributed by atoms with Crippen molar-refractivity contribution < 1.29 is 19.1 Å². The van der Waals surface area contributed by atoms with Crippen molar-refractivity contribution in [2.45, 2.75) is 71.5 Å². The number of unbranched alkanes of at least 4 members (excludes halogenated alkanes) is 2. The van der Waals surface area contributed by atoms with Crippen molar-refractivity contribution in [3.8, 4) is 6.57 Å². The summed E-state index contributed by atoms with van der Waals surface area (Å²) < 4.78 is 13.2. The lowest BCUT2D eigenvalue weighted by atomic mass is 10.1. The zero-order chi connectivity index (χ0) is 22.8. The number of hydrogen-bond donors (Lipinski definition) is 1. The van der Waals surface area contributed by atoms with Crippen molar-refractivity contribution in [3.63, 3.8) is 0 Å². The van der Waals surface area contributed by atoms with Gasteiger partial charge in [0.15, 0.2) is 5.82 Å². The number of esters is 1. The van der Waals surface area contributed by atoms with Crippen molar-refractivity contribution in [1.29, 1.82) is 5.26 Å². The van der Waals surface area contributed by atoms with E-state index in [1.165, 1.54) is 6.33 Å². The number of aromatic nitrogens is 3. The first-order valence-electron chi connectivity index (χ1n) is 10.7. The number of fused-ring (bicyclic) bond motifs is 1. The molecule has 2 aromatic heterocycles. The summed E-state index contributed by atoms with van der Waals surface area (Å²) in [5.41, 5.74) is 1.64. The highest BCUT2D eigenvalue weighted by Gasteiger charge is 2.30. The Morgan fingerprint density at radius 3 is 2.81 bits per heavy atom. The predicted molar refractivity (Wildman–Crippen MR) is 115 cm³/mol. The summed E-state index contributed by atoms with van der Waals surface area (Å²) in [6, 6.07) is 3.84. The summed E-state index contributed by atoms with van der Waals surface area (Å²) in [7, 11) is 0. The minimum absolute atomic E-state index is 0.0362. The molecule has 1 N–H and O–H groups in total. The van der Waals surface area contributed by atoms with E-state index in [4.69, 9.17) is 14.7 Å². The van der Waals surface area contributed by atoms with Crippen LogP contribution in [0.5, 0.6) is 0 Å². The number of carbonyl (C=O) groups is 2. The molecule has 168 valence electrons. The first-order chi connectivity index (χ1) is 15.0. The SMILES string of the molecule is C#N.CCCCCC(=O)Nc1ncnn2c(C3CCC(COC(=O)C(C)C)O3)ccc12. The Morgan fingerprint density at radius 2 is 2.10 bits per heavy atom. The van der Waals surface area contributed by atoms with Crippen LogP contribution in [-0.4, -0.2) is 39.2 Å². The van der Waals surface area contributed by atoms with Crippen molar-refractivity contribution >= 4 is 23.2 Å². The number of rotatable bonds is 9. The maximum Gasteiger partial charge on any atom is 0.308 e. The zero-order valence-electron chi connectivity index (χ0n) is 18.4. The molecule has 0 aliphatic carbocycles. The van der Waals surface area contributed by atoms with Crippen LogP contribution >= 0.6 is 0 Å². The number of nitrogens with zero attached hydrogens (tertiary/aromatic N) is 4. The van der Waals surface area contributed by atoms with Crippen LogP contribution < -0.4 is 5.32 Å². The molecule has 2 atom stereocenters. The summed E-state index contributed by atoms with van der Waals surface area (Å²) in [5.74, 6) is 0.116. The van der Waals surface area contributed by atoms with Crippen molar-refractivity contribution in [2.24, 2.45) is 5.92 Å². The molecule has 0 radical (unpaired) electrons. The van der Waals surface area contributed by atoms with E-state index < -0.39 is 0 Å². The Hall–Kier alpha value is -2.99. The van der Waals surface area contributed by atoms with Crippen LogP contribution in [0.4, 0.5) is 5.82 Å². The number of ether oxygens (including phenoxy) is 2. The molecule has 31 heavy (non-hydrogen) atoms. The topological polar surface area (TPSA) is 119 Å². The highest BCUT2D eigenvalue weighted by Crippen LogP contribution is 2.34. The van der Waals surface area contributed by atoms with Gasteiger partial charge in [-0.05, 0) is 31.4 Å². The molecule has 0 aromatic carbocycles. The normalized spacial score (nSPS) is 17.9. The second-order valence-corrected chi connectivity index (χ2v) is 7.78. The van der Waals surface area contributed by atoms with E-state index in [0.717, 1.165) is 43.3 Å². The van der Waals surface area contributed by atoms with E-state index >= 15 is 0 Å². The van der Waals surface area contributed by atoms with Crippen LogP contribution in [0.3, 0.4) is 0 Å². The van der Waals surface area contributed by atoms with E-state index in [9.17, 15) is 9.59 Å². The minimum atomic E-state index is -0.211. The molecule has 1 saturated heterocycles. The van der Waals surface area contributed by atoms with Gasteiger partial charge in [-0.3, -0.25) is 9.59 Å². The number of nitrogens with one attached hydrogen (secondary N) is 1. The number of hydrogen-bond acceptors (Lipinski definition) is 7. The number of anilines is 1. The van der Waals surface area contributed by atoms with Gasteiger partial charge in [0.05, 0.1) is 17.7 Å². The third kappa shape index (κ3) is 6.49. The van der Waals surface area contributed by atoms with Gasteiger partial charge in [-0.1, -0.05) is 33.6 Å². The molecule has 0 saturated carbocycles. The van der Waals surface area contributed by atoms with Crippen LogP contribution in [0, 0.1) is 17.8 Å². The van der Waals surface area contributed by atoms with Gasteiger partial charge in [0.2, 0.25) is 5.91 Å². The zero-order valence-corrected chi connectivity index (χ0v) is 18.4. The third-order valence-electron chi connectivity index (χ3n) is 5.07. The van der Waals surface area contributed by atoms with E-state index in [0.29, 0.717) is 12.2 Å². The Bertz CT molecular complexity index is 892. The van der Waals surface area contributed by atoms with Crippen LogP contribution in [-0.2, 0) is 19.1 Å². The Kier molecular flexibility index (Phi) is 9.40. The summed E-state index contributed by atoms with van der Waals surface area (Å²) in [4.78, 5) is 28.1. The molecular formula is C22H31N5O4. The summed E-state index contributed by atoms with van der Waals surface area (Å²) in [5, 5.41) is 13.7. The fraction of sp³-hybridized carbons (Fsp3) is 0.591. The minimum Gasteiger partial charge on any atom is -0.463 e. The Morgan fingerprint density at radius 1 is 1.32 bits per heavy atom. The van der Waals surface area contributed by atoms with Gasteiger partial charge in [-0.2, -0.15) is 5.10 Å². The fourth-order valence-corrected chi connectivity index (χ4v) is 3.41. The molecule has 9 nitrogen and oxygen atoms in total. The molecule has 1 amide bonds. The van der Waals surface area contributed by atoms with Crippen molar-refractivity contribution in [3.05, 3.63) is 24.2 Å². The standard InChI is InChI=1S/C21H30N4O4.CHN/c1-4-5-6-7-19(26)24-20-17-10-9-16(25(17)23-13-22-20)18-11-8-15(29-18)12-28-21(27)14(2)3;1-2/h9-10,13-15,18H,4-8,11-12H2,1-3H3,(H,22,23,24,26);1H. The van der Waals surface area contributed by atoms with Gasteiger partial charge in [-0.15, -0.1) is 0 Å². The molecule has 3 rings (SSSR count). The van der Waals surface area contributed by atoms with E-state index in [1.807, 2.05) is 26.0 Å². The maximum absolute atomic E-state index is 12.2. The van der Waals surface area contributed by atoms with Crippen LogP contribution in [0.1, 0.15) is 71.1 Å². The Labute approximate surface area is 182 Å². The number of amides is 1. The third-order valence-corrected chi connectivity index (χ3v) is 5.07. The quantitative estimate of drug-likeness (QED) is 0.475. The average Bonchev–Trinajstić information content (AvgIpc) is 3.41. The van der Waals surface area contributed by atoms with Crippen LogP contribution in [0.15, 0.2) is 18.5 Å². The van der Waals surface area contributed by atoms with Crippen molar-refractivity contribution in [1.82, 2.24) is 14.6 Å².